The zero-order valence-corrected chi connectivity index (χ0v) is 61.2. The van der Waals surface area contributed by atoms with E-state index in [-0.39, 0.29) is 19.5 Å². The van der Waals surface area contributed by atoms with E-state index in [9.17, 15) is 0 Å². The second-order valence-electron chi connectivity index (χ2n) is 23.4. The summed E-state index contributed by atoms with van der Waals surface area (Å²) in [6.45, 7) is 9.11. The normalized spacial score (nSPS) is 11.4. The Morgan fingerprint density at radius 3 is 0.566 bits per heavy atom. The predicted octanol–water partition coefficient (Wildman–Crippen LogP) is 25.7. The molecule has 0 saturated carbocycles. The van der Waals surface area contributed by atoms with Crippen LogP contribution in [0.25, 0.3) is 0 Å². The summed E-state index contributed by atoms with van der Waals surface area (Å²) in [6.07, 6.45) is 57.4. The zero-order valence-electron chi connectivity index (χ0n) is 53.2. The summed E-state index contributed by atoms with van der Waals surface area (Å²) in [5, 5.41) is 0. The van der Waals surface area contributed by atoms with Gasteiger partial charge in [0.1, 0.15) is 23.0 Å². The van der Waals surface area contributed by atoms with E-state index in [0.717, 1.165) is 48.7 Å². The molecular weight excluding hydrogens is 1180 g/mol. The van der Waals surface area contributed by atoms with Gasteiger partial charge in [0.05, 0.1) is 0 Å². The smallest absolute Gasteiger partial charge is 0.665 e. The molecule has 0 radical (unpaired) electrons. The second-order valence-corrected chi connectivity index (χ2v) is 33.1. The molecule has 0 aromatic heterocycles. The van der Waals surface area contributed by atoms with Gasteiger partial charge in [0.2, 0.25) is 0 Å². The first-order valence-corrected chi connectivity index (χ1v) is 41.1. The quantitative estimate of drug-likeness (QED) is 0.0187. The molecule has 0 bridgehead atoms. The molecule has 0 aliphatic heterocycles. The van der Waals surface area contributed by atoms with Crippen molar-refractivity contribution in [1.29, 1.82) is 0 Å². The fourth-order valence-corrected chi connectivity index (χ4v) is 14.6. The molecule has 0 unspecified atom stereocenters. The molecule has 0 aliphatic carbocycles. The summed E-state index contributed by atoms with van der Waals surface area (Å²) in [5.41, 5.74) is -1.06. The topological polar surface area (TPSA) is 36.9 Å². The van der Waals surface area contributed by atoms with Gasteiger partial charge in [-0.3, -0.25) is 0 Å². The predicted molar refractivity (Wildman–Crippen MR) is 374 cm³/mol. The van der Waals surface area contributed by atoms with Gasteiger partial charge < -0.3 is 42.6 Å². The van der Waals surface area contributed by atoms with Crippen LogP contribution in [0.15, 0.2) is 97.1 Å². The van der Waals surface area contributed by atoms with Crippen LogP contribution in [-0.4, -0.2) is 0 Å². The van der Waals surface area contributed by atoms with Crippen molar-refractivity contribution in [3.05, 3.63) is 119 Å². The third-order valence-corrected chi connectivity index (χ3v) is 19.4. The molecule has 11 heteroatoms. The Morgan fingerprint density at radius 2 is 0.398 bits per heavy atom. The number of hydrogen-bond acceptors (Lipinski definition) is 8. The van der Waals surface area contributed by atoms with Crippen molar-refractivity contribution in [2.75, 3.05) is 0 Å². The molecule has 4 rings (SSSR count). The molecule has 83 heavy (non-hydrogen) atoms. The molecule has 4 aromatic rings. The van der Waals surface area contributed by atoms with Gasteiger partial charge in [0, 0.05) is 0 Å². The zero-order chi connectivity index (χ0) is 58.9. The summed E-state index contributed by atoms with van der Waals surface area (Å²) in [5.74, 6) is 3.20. The summed E-state index contributed by atoms with van der Waals surface area (Å²) in [7, 11) is 0. The molecule has 0 spiro atoms. The van der Waals surface area contributed by atoms with Crippen molar-refractivity contribution in [2.24, 2.45) is 0 Å². The third-order valence-electron chi connectivity index (χ3n) is 15.9. The molecule has 464 valence electrons. The summed E-state index contributed by atoms with van der Waals surface area (Å²) in [4.78, 5) is 0. The molecular formula is C72H116O4P2S4Zn. The SMILES string of the molecule is CCCCCCCCCCCCc1ccccc1OP(=S)([S-])Oc1ccccc1CCCCCCCCCCCC.CCCCCCCCCCCCc1ccccc1OP(=S)([S-])Oc1ccccc1CCCCCCCCCCCC.[Zn+2]. The number of hydrogen-bond donors (Lipinski definition) is 0. The molecule has 0 aliphatic rings. The van der Waals surface area contributed by atoms with Crippen LogP contribution in [-0.2, 0) is 93.3 Å². The van der Waals surface area contributed by atoms with E-state index < -0.39 is 11.4 Å². The molecule has 0 atom stereocenters. The van der Waals surface area contributed by atoms with Gasteiger partial charge in [-0.05, 0) is 121 Å². The third kappa shape index (κ3) is 40.8. The van der Waals surface area contributed by atoms with Crippen LogP contribution in [0.4, 0.5) is 0 Å². The van der Waals surface area contributed by atoms with E-state index in [1.54, 1.807) is 0 Å². The maximum absolute atomic E-state index is 6.26. The maximum atomic E-state index is 6.26. The van der Waals surface area contributed by atoms with Crippen LogP contribution in [0, 0.1) is 0 Å². The molecule has 0 heterocycles. The van der Waals surface area contributed by atoms with Crippen molar-refractivity contribution < 1.29 is 37.6 Å². The largest absolute Gasteiger partial charge is 2.00 e. The first kappa shape index (κ1) is 77.8. The minimum atomic E-state index is -2.91. The second kappa shape index (κ2) is 52.6. The van der Waals surface area contributed by atoms with Gasteiger partial charge in [-0.2, -0.15) is 0 Å². The fraction of sp³-hybridized carbons (Fsp3) is 0.667. The number of benzene rings is 4. The van der Waals surface area contributed by atoms with Crippen molar-refractivity contribution in [3.63, 3.8) is 0 Å². The van der Waals surface area contributed by atoms with Crippen LogP contribution in [0.5, 0.6) is 23.0 Å². The van der Waals surface area contributed by atoms with Gasteiger partial charge >= 0.3 is 19.5 Å². The van der Waals surface area contributed by atoms with E-state index >= 15 is 0 Å². The fourth-order valence-electron chi connectivity index (χ4n) is 10.9. The Bertz CT molecular complexity index is 1940. The first-order chi connectivity index (χ1) is 40.1. The van der Waals surface area contributed by atoms with Crippen molar-refractivity contribution in [2.45, 2.75) is 310 Å². The molecule has 0 N–H and O–H groups in total. The van der Waals surface area contributed by atoms with Gasteiger partial charge in [-0.1, -0.05) is 332 Å². The van der Waals surface area contributed by atoms with E-state index in [2.05, 4.69) is 76.2 Å². The average molecular weight is 1300 g/mol. The van der Waals surface area contributed by atoms with E-state index in [0.29, 0.717) is 0 Å². The minimum Gasteiger partial charge on any atom is -0.665 e. The van der Waals surface area contributed by atoms with Gasteiger partial charge in [-0.15, -0.1) is 0 Å². The molecule has 0 fully saturated rings. The van der Waals surface area contributed by atoms with Crippen molar-refractivity contribution in [1.82, 2.24) is 0 Å². The molecule has 4 aromatic carbocycles. The Labute approximate surface area is 545 Å². The Balaban J connectivity index is 0.000000560. The van der Waals surface area contributed by atoms with E-state index in [1.807, 2.05) is 48.5 Å². The van der Waals surface area contributed by atoms with Crippen LogP contribution in [0.2, 0.25) is 0 Å². The Kier molecular flexibility index (Phi) is 49.3. The van der Waals surface area contributed by atoms with Gasteiger partial charge in [0.25, 0.3) is 0 Å². The minimum absolute atomic E-state index is 0. The van der Waals surface area contributed by atoms with Gasteiger partial charge in [-0.25, -0.2) is 0 Å². The van der Waals surface area contributed by atoms with Crippen LogP contribution in [0.3, 0.4) is 0 Å². The van der Waals surface area contributed by atoms with Crippen LogP contribution < -0.4 is 18.1 Å². The van der Waals surface area contributed by atoms with Crippen LogP contribution in [0.1, 0.15) is 307 Å². The molecule has 0 amide bonds. The average Bonchev–Trinajstić information content (AvgIpc) is 3.47. The number of aryl methyl sites for hydroxylation is 4. The summed E-state index contributed by atoms with van der Waals surface area (Å²) < 4.78 is 25.0. The first-order valence-electron chi connectivity index (χ1n) is 33.8. The van der Waals surface area contributed by atoms with Crippen molar-refractivity contribution >= 4 is 59.5 Å². The number of para-hydroxylation sites is 4. The monoisotopic (exact) mass is 1300 g/mol. The molecule has 4 nitrogen and oxygen atoms in total. The maximum Gasteiger partial charge on any atom is 2.00 e. The Morgan fingerprint density at radius 1 is 0.253 bits per heavy atom. The van der Waals surface area contributed by atoms with E-state index in [4.69, 9.17) is 66.2 Å². The summed E-state index contributed by atoms with van der Waals surface area (Å²) >= 11 is 23.0. The van der Waals surface area contributed by atoms with E-state index in [1.165, 1.54) is 279 Å². The van der Waals surface area contributed by atoms with Crippen molar-refractivity contribution in [3.8, 4) is 23.0 Å². The van der Waals surface area contributed by atoms with Gasteiger partial charge in [0.15, 0.2) is 11.4 Å². The summed E-state index contributed by atoms with van der Waals surface area (Å²) in [6, 6.07) is 32.9. The Hall–Kier alpha value is -1.30. The molecule has 0 saturated heterocycles. The number of unbranched alkanes of at least 4 members (excludes halogenated alkanes) is 36. The standard InChI is InChI=1S/2C36H59O2PS2.Zn/c2*1-3-5-7-9-11-13-15-17-19-21-27-33-29-23-25-31-35(33)37-39(40,41)38-36-32-26-24-30-34(36)28-22-20-18-16-14-12-10-8-6-4-2;/h2*23-26,29-32H,3-22,27-28H2,1-2H3,(H,40,41);/q;;+2/p-2. The number of rotatable bonds is 52. The van der Waals surface area contributed by atoms with Crippen LogP contribution >= 0.6 is 11.4 Å².